The normalized spacial score (nSPS) is 17.0. The van der Waals surface area contributed by atoms with Gasteiger partial charge in [0.1, 0.15) is 23.3 Å². The Morgan fingerprint density at radius 1 is 1.16 bits per heavy atom. The summed E-state index contributed by atoms with van der Waals surface area (Å²) in [6.07, 6.45) is 3.98. The first-order chi connectivity index (χ1) is 17.8. The number of nitrogens with one attached hydrogen (secondary N) is 1. The molecular formula is C26H18F2N4O5. The van der Waals surface area contributed by atoms with E-state index < -0.39 is 40.7 Å². The summed E-state index contributed by atoms with van der Waals surface area (Å²) in [5.74, 6) is -3.72. The van der Waals surface area contributed by atoms with Gasteiger partial charge in [-0.1, -0.05) is 6.07 Å². The molecule has 1 aliphatic rings. The van der Waals surface area contributed by atoms with Crippen molar-refractivity contribution < 1.29 is 23.1 Å². The monoisotopic (exact) mass is 504 g/mol. The van der Waals surface area contributed by atoms with Gasteiger partial charge in [0.2, 0.25) is 0 Å². The van der Waals surface area contributed by atoms with E-state index >= 15 is 8.78 Å². The van der Waals surface area contributed by atoms with Crippen molar-refractivity contribution in [3.8, 4) is 0 Å². The van der Waals surface area contributed by atoms with Gasteiger partial charge in [-0.2, -0.15) is 0 Å². The zero-order chi connectivity index (χ0) is 26.0. The van der Waals surface area contributed by atoms with Gasteiger partial charge < -0.3 is 24.0 Å². The van der Waals surface area contributed by atoms with Crippen LogP contribution in [-0.2, 0) is 18.4 Å². The Morgan fingerprint density at radius 2 is 1.97 bits per heavy atom. The second kappa shape index (κ2) is 8.12. The predicted molar refractivity (Wildman–Crippen MR) is 130 cm³/mol. The van der Waals surface area contributed by atoms with E-state index in [2.05, 4.69) is 9.97 Å². The molecule has 0 radical (unpaired) electrons. The van der Waals surface area contributed by atoms with Crippen LogP contribution >= 0.6 is 0 Å². The molecule has 0 saturated carbocycles. The van der Waals surface area contributed by atoms with Crippen LogP contribution in [0, 0.1) is 11.6 Å². The molecule has 0 spiro atoms. The number of pyridine rings is 1. The van der Waals surface area contributed by atoms with E-state index in [0.29, 0.717) is 5.56 Å². The van der Waals surface area contributed by atoms with E-state index in [-0.39, 0.29) is 45.2 Å². The van der Waals surface area contributed by atoms with Crippen LogP contribution < -0.4 is 16.0 Å². The van der Waals surface area contributed by atoms with Crippen LogP contribution in [0.4, 0.5) is 14.5 Å². The number of anilines is 1. The lowest BCUT2D eigenvalue weighted by Gasteiger charge is -2.27. The molecule has 2 N–H and O–H groups in total. The number of benzene rings is 2. The lowest BCUT2D eigenvalue weighted by Crippen LogP contribution is -2.42. The molecule has 186 valence electrons. The number of carbonyl (C=O) groups is 1. The minimum Gasteiger partial charge on any atom is -0.480 e. The smallest absolute Gasteiger partial charge is 0.327 e. The molecule has 1 aliphatic heterocycles. The van der Waals surface area contributed by atoms with Crippen LogP contribution in [0.5, 0.6) is 0 Å². The molecule has 11 heteroatoms. The quantitative estimate of drug-likeness (QED) is 0.385. The molecular weight excluding hydrogens is 486 g/mol. The highest BCUT2D eigenvalue weighted by atomic mass is 19.1. The minimum absolute atomic E-state index is 0.0115. The lowest BCUT2D eigenvalue weighted by molar-refractivity contribution is -0.138. The molecule has 3 aromatic heterocycles. The Morgan fingerprint density at radius 3 is 2.73 bits per heavy atom. The number of carboxylic acid groups (broad SMARTS) is 1. The van der Waals surface area contributed by atoms with E-state index in [4.69, 9.17) is 4.42 Å². The highest BCUT2D eigenvalue weighted by Gasteiger charge is 2.47. The molecule has 0 aliphatic carbocycles. The Balaban J connectivity index is 1.60. The summed E-state index contributed by atoms with van der Waals surface area (Å²) in [6, 6.07) is 6.67. The van der Waals surface area contributed by atoms with Gasteiger partial charge in [0, 0.05) is 48.2 Å². The number of aromatic amines is 1. The standard InChI is InChI=1S/C26H18F2N4O5/c1-31-11-30-18-8-16(27)12(7-15(18)25(31)34)10-32-19-9-17(28)13-4-6-37-23(13)21(19)20(22(32)26(35)36)14-3-2-5-29-24(14)33/h2-9,11,20,22H,10H2,1H3,(H,29,33)(H,35,36). The van der Waals surface area contributed by atoms with Gasteiger partial charge in [0.15, 0.2) is 0 Å². The van der Waals surface area contributed by atoms with E-state index in [1.165, 1.54) is 59.6 Å². The Labute approximate surface area is 206 Å². The van der Waals surface area contributed by atoms with Crippen LogP contribution in [0.1, 0.15) is 22.6 Å². The number of fused-ring (bicyclic) bond motifs is 4. The number of H-pyrrole nitrogens is 1. The number of halogens is 2. The summed E-state index contributed by atoms with van der Waals surface area (Å²) in [5.41, 5.74) is -0.0465. The van der Waals surface area contributed by atoms with Gasteiger partial charge in [0.25, 0.3) is 11.1 Å². The number of hydrogen-bond acceptors (Lipinski definition) is 6. The van der Waals surface area contributed by atoms with Gasteiger partial charge in [-0.15, -0.1) is 0 Å². The fourth-order valence-electron chi connectivity index (χ4n) is 5.17. The average molecular weight is 504 g/mol. The molecule has 0 bridgehead atoms. The first-order valence-electron chi connectivity index (χ1n) is 11.3. The largest absolute Gasteiger partial charge is 0.480 e. The van der Waals surface area contributed by atoms with Crippen LogP contribution in [0.3, 0.4) is 0 Å². The number of nitrogens with zero attached hydrogens (tertiary/aromatic N) is 3. The van der Waals surface area contributed by atoms with Crippen molar-refractivity contribution in [2.45, 2.75) is 18.5 Å². The van der Waals surface area contributed by atoms with Crippen molar-refractivity contribution in [1.29, 1.82) is 0 Å². The molecule has 0 saturated heterocycles. The molecule has 2 unspecified atom stereocenters. The number of aromatic nitrogens is 3. The highest BCUT2D eigenvalue weighted by molar-refractivity contribution is 5.94. The number of rotatable bonds is 4. The Kier molecular flexibility index (Phi) is 4.97. The third kappa shape index (κ3) is 3.34. The van der Waals surface area contributed by atoms with E-state index in [9.17, 15) is 19.5 Å². The number of hydrogen-bond donors (Lipinski definition) is 2. The van der Waals surface area contributed by atoms with Crippen molar-refractivity contribution in [1.82, 2.24) is 14.5 Å². The number of aryl methyl sites for hydroxylation is 1. The first kappa shape index (κ1) is 22.7. The second-order valence-corrected chi connectivity index (χ2v) is 8.92. The third-order valence-corrected chi connectivity index (χ3v) is 6.84. The predicted octanol–water partition coefficient (Wildman–Crippen LogP) is 3.25. The summed E-state index contributed by atoms with van der Waals surface area (Å²) < 4.78 is 37.1. The van der Waals surface area contributed by atoms with Gasteiger partial charge >= 0.3 is 5.97 Å². The third-order valence-electron chi connectivity index (χ3n) is 6.84. The van der Waals surface area contributed by atoms with Crippen molar-refractivity contribution in [2.75, 3.05) is 4.90 Å². The Hall–Kier alpha value is -4.80. The number of aliphatic carboxylic acids is 1. The summed E-state index contributed by atoms with van der Waals surface area (Å²) in [4.78, 5) is 46.0. The molecule has 2 atom stereocenters. The fraction of sp³-hybridized carbons (Fsp3) is 0.154. The summed E-state index contributed by atoms with van der Waals surface area (Å²) in [6.45, 7) is -0.323. The molecule has 37 heavy (non-hydrogen) atoms. The summed E-state index contributed by atoms with van der Waals surface area (Å²) in [7, 11) is 1.51. The molecule has 0 fully saturated rings. The maximum absolute atomic E-state index is 15.2. The minimum atomic E-state index is -1.40. The molecule has 0 amide bonds. The number of carboxylic acids is 1. The van der Waals surface area contributed by atoms with Crippen LogP contribution in [0.2, 0.25) is 0 Å². The van der Waals surface area contributed by atoms with E-state index in [0.717, 1.165) is 6.07 Å². The van der Waals surface area contributed by atoms with Crippen molar-refractivity contribution in [3.05, 3.63) is 104 Å². The SMILES string of the molecule is Cn1cnc2cc(F)c(CN3c4cc(F)c5ccoc5c4C(c4ccc[nH]c4=O)C3C(=O)O)cc2c1=O. The fourth-order valence-corrected chi connectivity index (χ4v) is 5.17. The molecule has 9 nitrogen and oxygen atoms in total. The molecule has 4 heterocycles. The van der Waals surface area contributed by atoms with Crippen LogP contribution in [-0.4, -0.2) is 31.7 Å². The van der Waals surface area contributed by atoms with Crippen molar-refractivity contribution in [2.24, 2.45) is 7.05 Å². The van der Waals surface area contributed by atoms with Gasteiger partial charge in [-0.25, -0.2) is 18.6 Å². The average Bonchev–Trinajstić information content (AvgIpc) is 3.47. The number of furan rings is 1. The first-order valence-corrected chi connectivity index (χ1v) is 11.3. The summed E-state index contributed by atoms with van der Waals surface area (Å²) >= 11 is 0. The summed E-state index contributed by atoms with van der Waals surface area (Å²) in [5, 5.41) is 10.6. The maximum atomic E-state index is 15.2. The van der Waals surface area contributed by atoms with Crippen molar-refractivity contribution >= 4 is 33.5 Å². The molecule has 2 aromatic carbocycles. The van der Waals surface area contributed by atoms with Gasteiger partial charge in [-0.05, 0) is 24.3 Å². The topological polar surface area (TPSA) is 121 Å². The lowest BCUT2D eigenvalue weighted by atomic mass is 9.87. The van der Waals surface area contributed by atoms with Gasteiger partial charge in [0.05, 0.1) is 34.8 Å². The highest BCUT2D eigenvalue weighted by Crippen LogP contribution is 2.49. The zero-order valence-electron chi connectivity index (χ0n) is 19.2. The zero-order valence-corrected chi connectivity index (χ0v) is 19.2. The Bertz CT molecular complexity index is 1860. The molecule has 5 aromatic rings. The van der Waals surface area contributed by atoms with Gasteiger partial charge in [-0.3, -0.25) is 9.59 Å². The molecule has 6 rings (SSSR count). The van der Waals surface area contributed by atoms with E-state index in [1.54, 1.807) is 6.07 Å². The van der Waals surface area contributed by atoms with Crippen LogP contribution in [0.15, 0.2) is 69.2 Å². The van der Waals surface area contributed by atoms with Crippen molar-refractivity contribution in [3.63, 3.8) is 0 Å². The van der Waals surface area contributed by atoms with E-state index in [1.807, 2.05) is 0 Å². The second-order valence-electron chi connectivity index (χ2n) is 8.92. The maximum Gasteiger partial charge on any atom is 0.327 e. The van der Waals surface area contributed by atoms with Crippen LogP contribution in [0.25, 0.3) is 21.9 Å².